The first-order valence-corrected chi connectivity index (χ1v) is 6.73. The van der Waals surface area contributed by atoms with Crippen molar-refractivity contribution in [3.63, 3.8) is 0 Å². The Bertz CT molecular complexity index is 393. The Morgan fingerprint density at radius 1 is 1.24 bits per heavy atom. The van der Waals surface area contributed by atoms with Gasteiger partial charge in [0, 0.05) is 38.2 Å². The second kappa shape index (κ2) is 4.61. The molecule has 0 unspecified atom stereocenters. The van der Waals surface area contributed by atoms with Crippen LogP contribution in [0.25, 0.3) is 0 Å². The summed E-state index contributed by atoms with van der Waals surface area (Å²) in [4.78, 5) is 11.9. The fourth-order valence-electron chi connectivity index (χ4n) is 2.75. The van der Waals surface area contributed by atoms with Crippen molar-refractivity contribution in [1.82, 2.24) is 15.3 Å². The lowest BCUT2D eigenvalue weighted by atomic mass is 10.0. The molecule has 2 aliphatic rings. The van der Waals surface area contributed by atoms with Crippen molar-refractivity contribution in [3.8, 4) is 0 Å². The predicted molar refractivity (Wildman–Crippen MR) is 68.3 cm³/mol. The zero-order chi connectivity index (χ0) is 11.7. The van der Waals surface area contributed by atoms with Crippen LogP contribution in [0.1, 0.15) is 36.7 Å². The molecule has 0 aliphatic carbocycles. The maximum atomic E-state index is 4.78. The maximum absolute atomic E-state index is 4.78. The van der Waals surface area contributed by atoms with Crippen LogP contribution in [-0.2, 0) is 19.4 Å². The van der Waals surface area contributed by atoms with Gasteiger partial charge in [0.2, 0.25) is 5.95 Å². The van der Waals surface area contributed by atoms with Crippen LogP contribution in [0.2, 0.25) is 0 Å². The van der Waals surface area contributed by atoms with Gasteiger partial charge >= 0.3 is 0 Å². The third kappa shape index (κ3) is 2.02. The molecule has 17 heavy (non-hydrogen) atoms. The van der Waals surface area contributed by atoms with Crippen LogP contribution in [0.15, 0.2) is 0 Å². The largest absolute Gasteiger partial charge is 0.341 e. The summed E-state index contributed by atoms with van der Waals surface area (Å²) in [6.45, 7) is 6.43. The Labute approximate surface area is 102 Å². The molecule has 1 saturated heterocycles. The number of hydrogen-bond donors (Lipinski definition) is 1. The number of aromatic nitrogens is 2. The van der Waals surface area contributed by atoms with Crippen molar-refractivity contribution in [2.45, 2.75) is 39.2 Å². The van der Waals surface area contributed by atoms with E-state index in [-0.39, 0.29) is 0 Å². The van der Waals surface area contributed by atoms with Gasteiger partial charge in [0.15, 0.2) is 0 Å². The van der Waals surface area contributed by atoms with E-state index in [2.05, 4.69) is 17.1 Å². The van der Waals surface area contributed by atoms with Gasteiger partial charge in [-0.05, 0) is 19.3 Å². The quantitative estimate of drug-likeness (QED) is 0.834. The zero-order valence-electron chi connectivity index (χ0n) is 10.5. The van der Waals surface area contributed by atoms with E-state index in [1.54, 1.807) is 0 Å². The Balaban J connectivity index is 1.99. The highest BCUT2D eigenvalue weighted by Gasteiger charge is 2.20. The SMILES string of the molecule is CCc1nc(N2CCCC2)nc2c1CNCC2. The Hall–Kier alpha value is -1.16. The van der Waals surface area contributed by atoms with Gasteiger partial charge in [-0.2, -0.15) is 0 Å². The average Bonchev–Trinajstić information content (AvgIpc) is 2.91. The fraction of sp³-hybridized carbons (Fsp3) is 0.692. The lowest BCUT2D eigenvalue weighted by Gasteiger charge is -2.23. The van der Waals surface area contributed by atoms with Crippen LogP contribution in [-0.4, -0.2) is 29.6 Å². The summed E-state index contributed by atoms with van der Waals surface area (Å²) < 4.78 is 0. The van der Waals surface area contributed by atoms with Crippen molar-refractivity contribution < 1.29 is 0 Å². The lowest BCUT2D eigenvalue weighted by Crippen LogP contribution is -2.29. The molecule has 1 N–H and O–H groups in total. The molecule has 2 aliphatic heterocycles. The van der Waals surface area contributed by atoms with Gasteiger partial charge in [0.05, 0.1) is 11.4 Å². The van der Waals surface area contributed by atoms with Crippen molar-refractivity contribution in [2.24, 2.45) is 0 Å². The standard InChI is InChI=1S/C13H20N4/c1-2-11-10-9-14-6-5-12(10)16-13(15-11)17-7-3-4-8-17/h14H,2-9H2,1H3. The molecular formula is C13H20N4. The minimum absolute atomic E-state index is 0.943. The molecule has 1 fully saturated rings. The van der Waals surface area contributed by atoms with Crippen LogP contribution in [0.3, 0.4) is 0 Å². The third-order valence-electron chi connectivity index (χ3n) is 3.73. The molecule has 0 atom stereocenters. The molecule has 0 spiro atoms. The molecule has 1 aromatic rings. The number of aryl methyl sites for hydroxylation is 1. The van der Waals surface area contributed by atoms with E-state index in [1.807, 2.05) is 0 Å². The smallest absolute Gasteiger partial charge is 0.225 e. The highest BCUT2D eigenvalue weighted by atomic mass is 15.3. The number of hydrogen-bond acceptors (Lipinski definition) is 4. The first kappa shape index (κ1) is 11.0. The normalized spacial score (nSPS) is 19.5. The topological polar surface area (TPSA) is 41.1 Å². The summed E-state index contributed by atoms with van der Waals surface area (Å²) in [5.74, 6) is 0.972. The number of nitrogens with one attached hydrogen (secondary N) is 1. The summed E-state index contributed by atoms with van der Waals surface area (Å²) in [7, 11) is 0. The highest BCUT2D eigenvalue weighted by molar-refractivity contribution is 5.39. The lowest BCUT2D eigenvalue weighted by molar-refractivity contribution is 0.615. The molecule has 4 nitrogen and oxygen atoms in total. The average molecular weight is 232 g/mol. The monoisotopic (exact) mass is 232 g/mol. The zero-order valence-corrected chi connectivity index (χ0v) is 10.5. The molecule has 3 heterocycles. The first-order chi connectivity index (χ1) is 8.38. The maximum Gasteiger partial charge on any atom is 0.225 e. The van der Waals surface area contributed by atoms with Crippen LogP contribution >= 0.6 is 0 Å². The first-order valence-electron chi connectivity index (χ1n) is 6.73. The summed E-state index contributed by atoms with van der Waals surface area (Å²) in [5, 5.41) is 3.41. The summed E-state index contributed by atoms with van der Waals surface area (Å²) >= 11 is 0. The molecule has 3 rings (SSSR count). The number of rotatable bonds is 2. The molecule has 92 valence electrons. The van der Waals surface area contributed by atoms with Gasteiger partial charge in [-0.15, -0.1) is 0 Å². The van der Waals surface area contributed by atoms with E-state index in [0.717, 1.165) is 45.0 Å². The van der Waals surface area contributed by atoms with Crippen molar-refractivity contribution >= 4 is 5.95 Å². The fourth-order valence-corrected chi connectivity index (χ4v) is 2.75. The van der Waals surface area contributed by atoms with Gasteiger partial charge in [-0.25, -0.2) is 9.97 Å². The molecule has 0 amide bonds. The van der Waals surface area contributed by atoms with Gasteiger partial charge in [0.1, 0.15) is 0 Å². The molecule has 0 aromatic carbocycles. The van der Waals surface area contributed by atoms with E-state index < -0.39 is 0 Å². The van der Waals surface area contributed by atoms with Gasteiger partial charge in [-0.1, -0.05) is 6.92 Å². The third-order valence-corrected chi connectivity index (χ3v) is 3.73. The van der Waals surface area contributed by atoms with Crippen molar-refractivity contribution in [3.05, 3.63) is 17.0 Å². The van der Waals surface area contributed by atoms with Gasteiger partial charge < -0.3 is 10.2 Å². The Morgan fingerprint density at radius 2 is 2.06 bits per heavy atom. The van der Waals surface area contributed by atoms with E-state index in [9.17, 15) is 0 Å². The van der Waals surface area contributed by atoms with Crippen LogP contribution < -0.4 is 10.2 Å². The van der Waals surface area contributed by atoms with Crippen molar-refractivity contribution in [2.75, 3.05) is 24.5 Å². The van der Waals surface area contributed by atoms with Crippen LogP contribution in [0, 0.1) is 0 Å². The minimum atomic E-state index is 0.943. The van der Waals surface area contributed by atoms with E-state index in [0.29, 0.717) is 0 Å². The van der Waals surface area contributed by atoms with Crippen LogP contribution in [0.4, 0.5) is 5.95 Å². The van der Waals surface area contributed by atoms with Gasteiger partial charge in [0.25, 0.3) is 0 Å². The Kier molecular flexibility index (Phi) is 2.97. The number of fused-ring (bicyclic) bond motifs is 1. The minimum Gasteiger partial charge on any atom is -0.341 e. The summed E-state index contributed by atoms with van der Waals surface area (Å²) in [5.41, 5.74) is 3.86. The Morgan fingerprint density at radius 3 is 2.82 bits per heavy atom. The van der Waals surface area contributed by atoms with E-state index in [4.69, 9.17) is 9.97 Å². The molecule has 0 radical (unpaired) electrons. The molecule has 1 aromatic heterocycles. The predicted octanol–water partition coefficient (Wildman–Crippen LogP) is 1.28. The molecule has 0 bridgehead atoms. The van der Waals surface area contributed by atoms with Gasteiger partial charge in [-0.3, -0.25) is 0 Å². The summed E-state index contributed by atoms with van der Waals surface area (Å²) in [6.07, 6.45) is 4.62. The molecule has 0 saturated carbocycles. The summed E-state index contributed by atoms with van der Waals surface area (Å²) in [6, 6.07) is 0. The molecule has 4 heteroatoms. The molecular weight excluding hydrogens is 212 g/mol. The number of nitrogens with zero attached hydrogens (tertiary/aromatic N) is 3. The number of anilines is 1. The van der Waals surface area contributed by atoms with Crippen molar-refractivity contribution in [1.29, 1.82) is 0 Å². The van der Waals surface area contributed by atoms with Crippen LogP contribution in [0.5, 0.6) is 0 Å². The van der Waals surface area contributed by atoms with E-state index >= 15 is 0 Å². The van der Waals surface area contributed by atoms with E-state index in [1.165, 1.54) is 29.8 Å². The second-order valence-corrected chi connectivity index (χ2v) is 4.87. The second-order valence-electron chi connectivity index (χ2n) is 4.87. The highest BCUT2D eigenvalue weighted by Crippen LogP contribution is 2.22.